The number of hydrogen-bond acceptors (Lipinski definition) is 4. The molecule has 2 N–H and O–H groups in total. The Morgan fingerprint density at radius 3 is 2.44 bits per heavy atom. The van der Waals surface area contributed by atoms with Crippen LogP contribution in [0.4, 0.5) is 5.69 Å². The van der Waals surface area contributed by atoms with E-state index in [0.717, 1.165) is 12.8 Å². The van der Waals surface area contributed by atoms with Crippen molar-refractivity contribution in [3.63, 3.8) is 0 Å². The van der Waals surface area contributed by atoms with Crippen molar-refractivity contribution in [2.24, 2.45) is 11.3 Å². The molecule has 0 saturated heterocycles. The molecule has 0 bridgehead atoms. The average molecular weight is 407 g/mol. The van der Waals surface area contributed by atoms with E-state index in [1.54, 1.807) is 23.5 Å². The number of amides is 1. The van der Waals surface area contributed by atoms with Crippen molar-refractivity contribution in [2.45, 2.75) is 44.9 Å². The summed E-state index contributed by atoms with van der Waals surface area (Å²) < 4.78 is 25.8. The topological polar surface area (TPSA) is 75.3 Å². The summed E-state index contributed by atoms with van der Waals surface area (Å²) in [4.78, 5) is 14.8. The van der Waals surface area contributed by atoms with Crippen LogP contribution in [0.2, 0.25) is 0 Å². The molecule has 27 heavy (non-hydrogen) atoms. The summed E-state index contributed by atoms with van der Waals surface area (Å²) in [5.74, 6) is 0.489. The predicted octanol–water partition coefficient (Wildman–Crippen LogP) is 4.06. The fraction of sp³-hybridized carbons (Fsp3) is 0.450. The van der Waals surface area contributed by atoms with Gasteiger partial charge in [-0.3, -0.25) is 4.79 Å². The van der Waals surface area contributed by atoms with E-state index in [1.165, 1.54) is 36.0 Å². The molecule has 1 atom stereocenters. The summed E-state index contributed by atoms with van der Waals surface area (Å²) in [7, 11) is -2.11. The zero-order valence-electron chi connectivity index (χ0n) is 16.1. The van der Waals surface area contributed by atoms with Gasteiger partial charge in [0.1, 0.15) is 0 Å². The van der Waals surface area contributed by atoms with Gasteiger partial charge in [-0.05, 0) is 73.5 Å². The quantitative estimate of drug-likeness (QED) is 0.804. The molecule has 2 aromatic rings. The smallest absolute Gasteiger partial charge is 0.265 e. The number of aryl methyl sites for hydroxylation is 1. The van der Waals surface area contributed by atoms with Crippen molar-refractivity contribution in [1.29, 1.82) is 0 Å². The van der Waals surface area contributed by atoms with Crippen molar-refractivity contribution in [3.05, 3.63) is 45.6 Å². The molecular formula is C20H26N2O3S2. The van der Waals surface area contributed by atoms with Gasteiger partial charge in [0.15, 0.2) is 0 Å². The lowest BCUT2D eigenvalue weighted by Crippen LogP contribution is -2.26. The number of anilines is 1. The second-order valence-corrected chi connectivity index (χ2v) is 11.1. The van der Waals surface area contributed by atoms with Crippen LogP contribution in [0.15, 0.2) is 35.2 Å². The molecule has 7 heteroatoms. The third-order valence-electron chi connectivity index (χ3n) is 5.22. The zero-order chi connectivity index (χ0) is 19.8. The van der Waals surface area contributed by atoms with Crippen LogP contribution in [0.1, 0.15) is 47.3 Å². The molecule has 146 valence electrons. The van der Waals surface area contributed by atoms with Gasteiger partial charge in [-0.25, -0.2) is 13.1 Å². The van der Waals surface area contributed by atoms with Gasteiger partial charge in [0.2, 0.25) is 10.0 Å². The van der Waals surface area contributed by atoms with Crippen LogP contribution in [-0.2, 0) is 22.9 Å². The number of carbonyl (C=O) groups excluding carboxylic acids is 1. The summed E-state index contributed by atoms with van der Waals surface area (Å²) in [5.41, 5.74) is 2.15. The van der Waals surface area contributed by atoms with Crippen molar-refractivity contribution >= 4 is 33.0 Å². The standard InChI is InChI=1S/C20H26N2O3S2/c1-20(2,3)14-5-10-17-13(11-14)12-18(26-17)19(23)22-15-6-8-16(9-7-15)27(24,25)21-4/h6-9,12,14,21H,5,10-11H2,1-4H3,(H,22,23)/t14-/m0/s1. The summed E-state index contributed by atoms with van der Waals surface area (Å²) in [6.07, 6.45) is 3.23. The molecule has 1 aliphatic carbocycles. The van der Waals surface area contributed by atoms with Crippen LogP contribution < -0.4 is 10.0 Å². The van der Waals surface area contributed by atoms with E-state index in [9.17, 15) is 13.2 Å². The fourth-order valence-corrected chi connectivity index (χ4v) is 5.24. The highest BCUT2D eigenvalue weighted by Crippen LogP contribution is 2.40. The number of carbonyl (C=O) groups is 1. The maximum Gasteiger partial charge on any atom is 0.265 e. The van der Waals surface area contributed by atoms with Gasteiger partial charge in [-0.1, -0.05) is 20.8 Å². The average Bonchev–Trinajstić information content (AvgIpc) is 3.05. The number of hydrogen-bond donors (Lipinski definition) is 2. The number of benzene rings is 1. The van der Waals surface area contributed by atoms with E-state index < -0.39 is 10.0 Å². The van der Waals surface area contributed by atoms with Gasteiger partial charge >= 0.3 is 0 Å². The third-order valence-corrected chi connectivity index (χ3v) is 7.89. The van der Waals surface area contributed by atoms with E-state index >= 15 is 0 Å². The van der Waals surface area contributed by atoms with Gasteiger partial charge in [0.25, 0.3) is 5.91 Å². The molecule has 5 nitrogen and oxygen atoms in total. The third kappa shape index (κ3) is 4.42. The Kier molecular flexibility index (Phi) is 5.47. The highest BCUT2D eigenvalue weighted by Gasteiger charge is 2.30. The van der Waals surface area contributed by atoms with Crippen molar-refractivity contribution < 1.29 is 13.2 Å². The first-order chi connectivity index (χ1) is 12.6. The highest BCUT2D eigenvalue weighted by molar-refractivity contribution is 7.89. The van der Waals surface area contributed by atoms with E-state index in [0.29, 0.717) is 16.5 Å². The van der Waals surface area contributed by atoms with E-state index in [4.69, 9.17) is 0 Å². The zero-order valence-corrected chi connectivity index (χ0v) is 17.8. The molecule has 1 heterocycles. The SMILES string of the molecule is CNS(=O)(=O)c1ccc(NC(=O)c2cc3c(s2)CC[C@H](C(C)(C)C)C3)cc1. The first kappa shape index (κ1) is 20.0. The lowest BCUT2D eigenvalue weighted by molar-refractivity contribution is 0.103. The summed E-state index contributed by atoms with van der Waals surface area (Å²) in [6, 6.07) is 8.19. The summed E-state index contributed by atoms with van der Waals surface area (Å²) >= 11 is 1.57. The molecule has 1 aromatic carbocycles. The molecular weight excluding hydrogens is 380 g/mol. The monoisotopic (exact) mass is 406 g/mol. The van der Waals surface area contributed by atoms with Crippen LogP contribution in [0.25, 0.3) is 0 Å². The second kappa shape index (κ2) is 7.37. The Bertz CT molecular complexity index is 939. The molecule has 0 saturated carbocycles. The normalized spacial score (nSPS) is 17.4. The maximum absolute atomic E-state index is 12.6. The van der Waals surface area contributed by atoms with Crippen molar-refractivity contribution in [2.75, 3.05) is 12.4 Å². The molecule has 3 rings (SSSR count). The van der Waals surface area contributed by atoms with Crippen LogP contribution in [0.3, 0.4) is 0 Å². The maximum atomic E-state index is 12.6. The van der Waals surface area contributed by atoms with Gasteiger partial charge in [0.05, 0.1) is 9.77 Å². The summed E-state index contributed by atoms with van der Waals surface area (Å²) in [5, 5.41) is 2.86. The Balaban J connectivity index is 1.72. The predicted molar refractivity (Wildman–Crippen MR) is 110 cm³/mol. The molecule has 1 aromatic heterocycles. The molecule has 0 radical (unpaired) electrons. The lowest BCUT2D eigenvalue weighted by Gasteiger charge is -2.33. The van der Waals surface area contributed by atoms with Gasteiger partial charge in [-0.15, -0.1) is 11.3 Å². The molecule has 0 spiro atoms. The Hall–Kier alpha value is -1.70. The minimum absolute atomic E-state index is 0.147. The van der Waals surface area contributed by atoms with Gasteiger partial charge in [0, 0.05) is 10.6 Å². The molecule has 1 aliphatic rings. The summed E-state index contributed by atoms with van der Waals surface area (Å²) in [6.45, 7) is 6.84. The molecule has 1 amide bonds. The van der Waals surface area contributed by atoms with Gasteiger partial charge in [-0.2, -0.15) is 0 Å². The van der Waals surface area contributed by atoms with Crippen LogP contribution in [0, 0.1) is 11.3 Å². The van der Waals surface area contributed by atoms with E-state index in [2.05, 4.69) is 30.8 Å². The number of thiophene rings is 1. The number of fused-ring (bicyclic) bond motifs is 1. The van der Waals surface area contributed by atoms with Crippen molar-refractivity contribution in [3.8, 4) is 0 Å². The highest BCUT2D eigenvalue weighted by atomic mass is 32.2. The largest absolute Gasteiger partial charge is 0.321 e. The fourth-order valence-electron chi connectivity index (χ4n) is 3.40. The minimum Gasteiger partial charge on any atom is -0.321 e. The Morgan fingerprint density at radius 1 is 1.19 bits per heavy atom. The van der Waals surface area contributed by atoms with E-state index in [1.807, 2.05) is 6.07 Å². The Labute approximate surface area is 165 Å². The van der Waals surface area contributed by atoms with E-state index in [-0.39, 0.29) is 16.2 Å². The van der Waals surface area contributed by atoms with Gasteiger partial charge < -0.3 is 5.32 Å². The van der Waals surface area contributed by atoms with Crippen LogP contribution in [0.5, 0.6) is 0 Å². The first-order valence-electron chi connectivity index (χ1n) is 9.06. The number of sulfonamides is 1. The minimum atomic E-state index is -3.48. The Morgan fingerprint density at radius 2 is 1.85 bits per heavy atom. The second-order valence-electron chi connectivity index (χ2n) is 8.05. The van der Waals surface area contributed by atoms with Crippen LogP contribution >= 0.6 is 11.3 Å². The lowest BCUT2D eigenvalue weighted by atomic mass is 9.72. The molecule has 0 unspecified atom stereocenters. The number of nitrogens with one attached hydrogen (secondary N) is 2. The first-order valence-corrected chi connectivity index (χ1v) is 11.4. The van der Waals surface area contributed by atoms with Crippen LogP contribution in [-0.4, -0.2) is 21.4 Å². The molecule has 0 aliphatic heterocycles. The van der Waals surface area contributed by atoms with Crippen molar-refractivity contribution in [1.82, 2.24) is 4.72 Å². The molecule has 0 fully saturated rings. The number of rotatable bonds is 4.